The van der Waals surface area contributed by atoms with Gasteiger partial charge in [-0.2, -0.15) is 47.9 Å². The smallest absolute Gasteiger partial charge is 0.341 e. The van der Waals surface area contributed by atoms with Crippen molar-refractivity contribution in [3.63, 3.8) is 0 Å². The fourth-order valence-corrected chi connectivity index (χ4v) is 6.71. The summed E-state index contributed by atoms with van der Waals surface area (Å²) in [5, 5.41) is 0. The summed E-state index contributed by atoms with van der Waals surface area (Å²) in [5.74, 6) is -0.940. The van der Waals surface area contributed by atoms with Crippen LogP contribution in [0.3, 0.4) is 0 Å². The number of aromatic amines is 1. The molecular formula is C26H18F9N5O4S2. The Labute approximate surface area is 255 Å². The third-order valence-electron chi connectivity index (χ3n) is 6.67. The molecule has 1 aliphatic rings. The number of carbonyl (C=O) groups is 1. The van der Waals surface area contributed by atoms with Gasteiger partial charge in [-0.3, -0.25) is 4.79 Å². The molecular weight excluding hydrogens is 681 g/mol. The number of fused-ring (bicyclic) bond motifs is 1. The van der Waals surface area contributed by atoms with Gasteiger partial charge in [0, 0.05) is 0 Å². The van der Waals surface area contributed by atoms with Crippen molar-refractivity contribution in [3.05, 3.63) is 88.7 Å². The van der Waals surface area contributed by atoms with Gasteiger partial charge in [-0.25, -0.2) is 22.9 Å². The van der Waals surface area contributed by atoms with Crippen LogP contribution in [0.5, 0.6) is 0 Å². The largest absolute Gasteiger partial charge is 0.416 e. The maximum atomic E-state index is 13.4. The molecule has 1 amide bonds. The Balaban J connectivity index is 1.52. The number of hydrogen-bond donors (Lipinski definition) is 3. The number of imidazole rings is 1. The van der Waals surface area contributed by atoms with E-state index in [-0.39, 0.29) is 47.2 Å². The zero-order valence-corrected chi connectivity index (χ0v) is 24.1. The lowest BCUT2D eigenvalue weighted by Crippen LogP contribution is -2.29. The number of aromatic nitrogens is 2. The van der Waals surface area contributed by atoms with Crippen molar-refractivity contribution in [1.82, 2.24) is 19.4 Å². The minimum atomic E-state index is -5.22. The number of halogens is 9. The first-order chi connectivity index (χ1) is 21.2. The van der Waals surface area contributed by atoms with E-state index >= 15 is 0 Å². The van der Waals surface area contributed by atoms with Crippen LogP contribution in [0.15, 0.2) is 65.6 Å². The van der Waals surface area contributed by atoms with Gasteiger partial charge in [0.05, 0.1) is 44.3 Å². The number of H-pyrrole nitrogens is 1. The monoisotopic (exact) mass is 699 g/mol. The number of nitrogens with one attached hydrogen (secondary N) is 3. The number of carbonyl (C=O) groups excluding carboxylic acids is 1. The molecule has 20 heteroatoms. The molecule has 1 aromatic heterocycles. The van der Waals surface area contributed by atoms with Gasteiger partial charge in [-0.1, -0.05) is 12.1 Å². The van der Waals surface area contributed by atoms with Crippen LogP contribution >= 0.6 is 0 Å². The molecule has 246 valence electrons. The average Bonchev–Trinajstić information content (AvgIpc) is 3.49. The van der Waals surface area contributed by atoms with Crippen molar-refractivity contribution in [1.29, 1.82) is 0 Å². The maximum absolute atomic E-state index is 13.4. The molecule has 3 aromatic carbocycles. The summed E-state index contributed by atoms with van der Waals surface area (Å²) in [5.41, 5.74) is -4.15. The third-order valence-corrected chi connectivity index (χ3v) is 9.23. The second-order valence-corrected chi connectivity index (χ2v) is 12.8. The number of hydrogen-bond acceptors (Lipinski definition) is 5. The average molecular weight is 700 g/mol. The lowest BCUT2D eigenvalue weighted by atomic mass is 10.1. The molecule has 4 aromatic rings. The minimum Gasteiger partial charge on any atom is -0.341 e. The molecule has 0 bridgehead atoms. The maximum Gasteiger partial charge on any atom is 0.416 e. The molecule has 0 saturated carbocycles. The first-order valence-electron chi connectivity index (χ1n) is 12.7. The van der Waals surface area contributed by atoms with Crippen LogP contribution in [0.25, 0.3) is 11.0 Å². The number of rotatable bonds is 7. The second kappa shape index (κ2) is 11.6. The summed E-state index contributed by atoms with van der Waals surface area (Å²) in [7, 11) is -6.91. The van der Waals surface area contributed by atoms with Gasteiger partial charge in [0.25, 0.3) is 5.91 Å². The number of anilines is 1. The van der Waals surface area contributed by atoms with Crippen LogP contribution < -0.4 is 13.7 Å². The Morgan fingerprint density at radius 1 is 0.848 bits per heavy atom. The van der Waals surface area contributed by atoms with E-state index in [9.17, 15) is 56.9 Å². The van der Waals surface area contributed by atoms with Crippen LogP contribution in [-0.4, -0.2) is 35.0 Å². The molecule has 1 unspecified atom stereocenters. The van der Waals surface area contributed by atoms with Crippen molar-refractivity contribution < 1.29 is 56.9 Å². The topological polar surface area (TPSA) is 124 Å². The Hall–Kier alpha value is -4.17. The Bertz CT molecular complexity index is 1910. The van der Waals surface area contributed by atoms with Gasteiger partial charge in [0.2, 0.25) is 0 Å². The molecule has 46 heavy (non-hydrogen) atoms. The Morgan fingerprint density at radius 3 is 1.96 bits per heavy atom. The van der Waals surface area contributed by atoms with Gasteiger partial charge >= 0.3 is 28.7 Å². The zero-order chi connectivity index (χ0) is 33.8. The predicted molar refractivity (Wildman–Crippen MR) is 144 cm³/mol. The van der Waals surface area contributed by atoms with Crippen LogP contribution in [0.2, 0.25) is 0 Å². The summed E-state index contributed by atoms with van der Waals surface area (Å²) >= 11 is 0. The predicted octanol–water partition coefficient (Wildman–Crippen LogP) is 5.40. The zero-order valence-electron chi connectivity index (χ0n) is 22.5. The first kappa shape index (κ1) is 33.2. The van der Waals surface area contributed by atoms with Crippen LogP contribution in [0, 0.1) is 0 Å². The second-order valence-electron chi connectivity index (χ2n) is 9.94. The fraction of sp³-hybridized carbons (Fsp3) is 0.231. The number of alkyl halides is 9. The molecule has 0 radical (unpaired) electrons. The van der Waals surface area contributed by atoms with E-state index < -0.39 is 79.8 Å². The number of nitrogens with zero attached hydrogens (tertiary/aromatic N) is 2. The van der Waals surface area contributed by atoms with Crippen LogP contribution in [0.4, 0.5) is 45.2 Å². The summed E-state index contributed by atoms with van der Waals surface area (Å²) < 4.78 is 163. The normalized spacial score (nSPS) is 16.9. The summed E-state index contributed by atoms with van der Waals surface area (Å²) in [6.07, 6.45) is -15.4. The first-order valence-corrected chi connectivity index (χ1v) is 15.3. The van der Waals surface area contributed by atoms with Crippen LogP contribution in [0.1, 0.15) is 34.1 Å². The molecule has 1 saturated heterocycles. The molecule has 0 aliphatic carbocycles. The highest BCUT2D eigenvalue weighted by Gasteiger charge is 2.38. The van der Waals surface area contributed by atoms with E-state index in [1.165, 1.54) is 24.3 Å². The molecule has 2 atom stereocenters. The lowest BCUT2D eigenvalue weighted by Gasteiger charge is -2.19. The number of amides is 1. The van der Waals surface area contributed by atoms with Gasteiger partial charge < -0.3 is 4.98 Å². The van der Waals surface area contributed by atoms with E-state index in [0.29, 0.717) is 5.56 Å². The summed E-state index contributed by atoms with van der Waals surface area (Å²) in [6.45, 7) is -0.499. The highest BCUT2D eigenvalue weighted by molar-refractivity contribution is 7.92. The van der Waals surface area contributed by atoms with Gasteiger partial charge in [-0.05, 0) is 60.5 Å². The fourth-order valence-electron chi connectivity index (χ4n) is 4.51. The highest BCUT2D eigenvalue weighted by atomic mass is 32.2. The Morgan fingerprint density at radius 2 is 1.43 bits per heavy atom. The number of benzene rings is 3. The van der Waals surface area contributed by atoms with E-state index in [4.69, 9.17) is 0 Å². The summed E-state index contributed by atoms with van der Waals surface area (Å²) in [6, 6.07) is 6.97. The minimum absolute atomic E-state index is 0.0192. The molecule has 2 heterocycles. The molecule has 0 spiro atoms. The standard InChI is InChI=1S/C26H18F9N5O4S2/c27-24(28,29)14-3-6-19-20(11-14)37-23(36-19)21(7-13-1-4-17(5-2-13)40-12-22(41)39-46(40,43)44)38-45(42)18-9-15(25(30,31)32)8-16(10-18)26(33,34)35/h1-6,8-11,21,38H,7,12H2,(H,36,37)(H,39,41)/t21-,45?/m0/s1. The SMILES string of the molecule is O=C1CN(c2ccc(C[C@H](NS(=O)c3cc(C(F)(F)F)cc(C(F)(F)F)c3)c3nc4ccc(C(F)(F)F)cc4[nH]3)cc2)S(=O)(=O)N1. The third kappa shape index (κ3) is 7.12. The molecule has 5 rings (SSSR count). The van der Waals surface area contributed by atoms with Crippen molar-refractivity contribution in [2.45, 2.75) is 35.9 Å². The van der Waals surface area contributed by atoms with Gasteiger partial charge in [-0.15, -0.1) is 0 Å². The van der Waals surface area contributed by atoms with E-state index in [1.54, 1.807) is 4.72 Å². The van der Waals surface area contributed by atoms with E-state index in [0.717, 1.165) is 22.5 Å². The molecule has 1 aliphatic heterocycles. The van der Waals surface area contributed by atoms with Gasteiger partial charge in [0.15, 0.2) is 0 Å². The molecule has 9 nitrogen and oxygen atoms in total. The van der Waals surface area contributed by atoms with E-state index in [1.807, 2.05) is 0 Å². The van der Waals surface area contributed by atoms with Crippen molar-refractivity contribution in [3.8, 4) is 0 Å². The molecule has 3 N–H and O–H groups in total. The summed E-state index contributed by atoms with van der Waals surface area (Å²) in [4.78, 5) is 17.5. The molecule has 1 fully saturated rings. The Kier molecular flexibility index (Phi) is 8.35. The van der Waals surface area contributed by atoms with Crippen LogP contribution in [-0.2, 0) is 50.9 Å². The van der Waals surface area contributed by atoms with Gasteiger partial charge in [0.1, 0.15) is 23.4 Å². The van der Waals surface area contributed by atoms with Crippen molar-refractivity contribution >= 4 is 43.8 Å². The van der Waals surface area contributed by atoms with Crippen molar-refractivity contribution in [2.75, 3.05) is 10.8 Å². The highest BCUT2D eigenvalue weighted by Crippen LogP contribution is 2.37. The van der Waals surface area contributed by atoms with E-state index in [2.05, 4.69) is 14.7 Å². The van der Waals surface area contributed by atoms with Crippen molar-refractivity contribution in [2.24, 2.45) is 0 Å². The quantitative estimate of drug-likeness (QED) is 0.223. The lowest BCUT2D eigenvalue weighted by molar-refractivity contribution is -0.143.